The lowest BCUT2D eigenvalue weighted by Gasteiger charge is -2.25. The Bertz CT molecular complexity index is 298. The van der Waals surface area contributed by atoms with Crippen LogP contribution in [0.1, 0.15) is 38.4 Å². The summed E-state index contributed by atoms with van der Waals surface area (Å²) in [7, 11) is 0. The Hall–Kier alpha value is -0.830. The number of hydrogen-bond donors (Lipinski definition) is 1. The van der Waals surface area contributed by atoms with E-state index in [-0.39, 0.29) is 0 Å². The van der Waals surface area contributed by atoms with Crippen LogP contribution in [-0.4, -0.2) is 22.9 Å². The van der Waals surface area contributed by atoms with Gasteiger partial charge >= 0.3 is 0 Å². The average Bonchev–Trinajstić information content (AvgIpc) is 2.66. The monoisotopic (exact) mass is 207 g/mol. The summed E-state index contributed by atoms with van der Waals surface area (Å²) in [5.74, 6) is 0.710. The number of nitrogens with zero attached hydrogens (tertiary/aromatic N) is 2. The molecule has 1 N–H and O–H groups in total. The first-order valence-corrected chi connectivity index (χ1v) is 6.00. The molecule has 0 radical (unpaired) electrons. The lowest BCUT2D eigenvalue weighted by atomic mass is 10.0. The standard InChI is InChI=1S/C12H21N3/c1-10(2)9-12-5-8-14-15(12)11-3-6-13-7-4-11/h5,8,10-11,13H,3-4,6-7,9H2,1-2H3. The van der Waals surface area contributed by atoms with Crippen LogP contribution in [0, 0.1) is 5.92 Å². The third kappa shape index (κ3) is 2.59. The topological polar surface area (TPSA) is 29.9 Å². The Labute approximate surface area is 91.9 Å². The van der Waals surface area contributed by atoms with Gasteiger partial charge in [0.15, 0.2) is 0 Å². The molecule has 2 heterocycles. The molecule has 15 heavy (non-hydrogen) atoms. The SMILES string of the molecule is CC(C)Cc1ccnn1C1CCNCC1. The largest absolute Gasteiger partial charge is 0.317 e. The van der Waals surface area contributed by atoms with Gasteiger partial charge in [-0.2, -0.15) is 5.10 Å². The molecule has 2 rings (SSSR count). The van der Waals surface area contributed by atoms with Crippen molar-refractivity contribution in [3.8, 4) is 0 Å². The minimum Gasteiger partial charge on any atom is -0.317 e. The molecule has 0 bridgehead atoms. The molecule has 1 aromatic rings. The number of aromatic nitrogens is 2. The van der Waals surface area contributed by atoms with Crippen molar-refractivity contribution in [2.24, 2.45) is 5.92 Å². The first kappa shape index (κ1) is 10.7. The quantitative estimate of drug-likeness (QED) is 0.821. The van der Waals surface area contributed by atoms with E-state index in [1.807, 2.05) is 6.20 Å². The number of piperidine rings is 1. The zero-order valence-corrected chi connectivity index (χ0v) is 9.74. The molecule has 1 aromatic heterocycles. The summed E-state index contributed by atoms with van der Waals surface area (Å²) in [6.07, 6.45) is 5.52. The van der Waals surface area contributed by atoms with Crippen LogP contribution in [0.2, 0.25) is 0 Å². The van der Waals surface area contributed by atoms with Crippen molar-refractivity contribution in [1.82, 2.24) is 15.1 Å². The van der Waals surface area contributed by atoms with Gasteiger partial charge in [0.2, 0.25) is 0 Å². The maximum atomic E-state index is 4.48. The first-order valence-electron chi connectivity index (χ1n) is 6.00. The highest BCUT2D eigenvalue weighted by Crippen LogP contribution is 2.20. The molecule has 1 aliphatic rings. The number of rotatable bonds is 3. The molecule has 0 saturated carbocycles. The fourth-order valence-electron chi connectivity index (χ4n) is 2.30. The summed E-state index contributed by atoms with van der Waals surface area (Å²) in [5.41, 5.74) is 1.40. The van der Waals surface area contributed by atoms with E-state index in [0.29, 0.717) is 12.0 Å². The van der Waals surface area contributed by atoms with E-state index in [2.05, 4.69) is 35.0 Å². The number of nitrogens with one attached hydrogen (secondary N) is 1. The van der Waals surface area contributed by atoms with Crippen LogP contribution in [0.5, 0.6) is 0 Å². The number of hydrogen-bond acceptors (Lipinski definition) is 2. The Morgan fingerprint density at radius 3 is 2.87 bits per heavy atom. The second-order valence-electron chi connectivity index (χ2n) is 4.85. The van der Waals surface area contributed by atoms with E-state index in [1.54, 1.807) is 0 Å². The minimum atomic E-state index is 0.620. The second-order valence-corrected chi connectivity index (χ2v) is 4.85. The van der Waals surface area contributed by atoms with Crippen LogP contribution in [0.15, 0.2) is 12.3 Å². The molecule has 1 aliphatic heterocycles. The van der Waals surface area contributed by atoms with Gasteiger partial charge in [0, 0.05) is 11.9 Å². The fourth-order valence-corrected chi connectivity index (χ4v) is 2.30. The maximum Gasteiger partial charge on any atom is 0.0546 e. The molecule has 1 fully saturated rings. The molecular weight excluding hydrogens is 186 g/mol. The van der Waals surface area contributed by atoms with Gasteiger partial charge in [0.05, 0.1) is 6.04 Å². The first-order chi connectivity index (χ1) is 7.27. The Morgan fingerprint density at radius 2 is 2.20 bits per heavy atom. The zero-order valence-electron chi connectivity index (χ0n) is 9.74. The van der Waals surface area contributed by atoms with Crippen molar-refractivity contribution >= 4 is 0 Å². The van der Waals surface area contributed by atoms with Gasteiger partial charge in [-0.1, -0.05) is 13.8 Å². The van der Waals surface area contributed by atoms with E-state index >= 15 is 0 Å². The highest BCUT2D eigenvalue weighted by molar-refractivity contribution is 5.03. The van der Waals surface area contributed by atoms with Gasteiger partial charge < -0.3 is 5.32 Å². The van der Waals surface area contributed by atoms with Crippen LogP contribution in [0.3, 0.4) is 0 Å². The summed E-state index contributed by atoms with van der Waals surface area (Å²) in [6, 6.07) is 2.79. The Balaban J connectivity index is 2.09. The van der Waals surface area contributed by atoms with E-state index in [4.69, 9.17) is 0 Å². The highest BCUT2D eigenvalue weighted by Gasteiger charge is 2.17. The molecule has 3 heteroatoms. The molecule has 0 aromatic carbocycles. The van der Waals surface area contributed by atoms with Gasteiger partial charge in [-0.15, -0.1) is 0 Å². The van der Waals surface area contributed by atoms with Crippen molar-refractivity contribution in [2.45, 2.75) is 39.2 Å². The summed E-state index contributed by atoms with van der Waals surface area (Å²) in [5, 5.41) is 7.88. The fraction of sp³-hybridized carbons (Fsp3) is 0.750. The van der Waals surface area contributed by atoms with Crippen LogP contribution in [0.4, 0.5) is 0 Å². The Morgan fingerprint density at radius 1 is 1.47 bits per heavy atom. The lowest BCUT2D eigenvalue weighted by Crippen LogP contribution is -2.30. The van der Waals surface area contributed by atoms with E-state index in [1.165, 1.54) is 18.5 Å². The molecule has 1 saturated heterocycles. The van der Waals surface area contributed by atoms with Crippen LogP contribution in [0.25, 0.3) is 0 Å². The zero-order chi connectivity index (χ0) is 10.7. The molecule has 0 unspecified atom stereocenters. The van der Waals surface area contributed by atoms with E-state index < -0.39 is 0 Å². The summed E-state index contributed by atoms with van der Waals surface area (Å²) in [6.45, 7) is 6.79. The molecule has 0 aliphatic carbocycles. The van der Waals surface area contributed by atoms with Crippen LogP contribution < -0.4 is 5.32 Å². The molecule has 0 atom stereocenters. The molecule has 84 valence electrons. The molecule has 3 nitrogen and oxygen atoms in total. The molecule has 0 spiro atoms. The van der Waals surface area contributed by atoms with Crippen molar-refractivity contribution < 1.29 is 0 Å². The second kappa shape index (κ2) is 4.79. The van der Waals surface area contributed by atoms with Crippen molar-refractivity contribution in [2.75, 3.05) is 13.1 Å². The summed E-state index contributed by atoms with van der Waals surface area (Å²) < 4.78 is 2.25. The van der Waals surface area contributed by atoms with Crippen molar-refractivity contribution in [3.63, 3.8) is 0 Å². The Kier molecular flexibility index (Phi) is 3.41. The molecule has 0 amide bonds. The van der Waals surface area contributed by atoms with E-state index in [0.717, 1.165) is 19.5 Å². The smallest absolute Gasteiger partial charge is 0.0546 e. The van der Waals surface area contributed by atoms with Crippen molar-refractivity contribution in [3.05, 3.63) is 18.0 Å². The summed E-state index contributed by atoms with van der Waals surface area (Å²) in [4.78, 5) is 0. The van der Waals surface area contributed by atoms with E-state index in [9.17, 15) is 0 Å². The summed E-state index contributed by atoms with van der Waals surface area (Å²) >= 11 is 0. The van der Waals surface area contributed by atoms with Crippen molar-refractivity contribution in [1.29, 1.82) is 0 Å². The predicted molar refractivity (Wildman–Crippen MR) is 61.9 cm³/mol. The van der Waals surface area contributed by atoms with Crippen LogP contribution >= 0.6 is 0 Å². The van der Waals surface area contributed by atoms with Gasteiger partial charge in [-0.05, 0) is 44.3 Å². The van der Waals surface area contributed by atoms with Gasteiger partial charge in [0.25, 0.3) is 0 Å². The van der Waals surface area contributed by atoms with Gasteiger partial charge in [0.1, 0.15) is 0 Å². The van der Waals surface area contributed by atoms with Gasteiger partial charge in [-0.3, -0.25) is 4.68 Å². The predicted octanol–water partition coefficient (Wildman–Crippen LogP) is 2.01. The lowest BCUT2D eigenvalue weighted by molar-refractivity contribution is 0.332. The van der Waals surface area contributed by atoms with Gasteiger partial charge in [-0.25, -0.2) is 0 Å². The molecular formula is C12H21N3. The average molecular weight is 207 g/mol. The minimum absolute atomic E-state index is 0.620. The van der Waals surface area contributed by atoms with Crippen LogP contribution in [-0.2, 0) is 6.42 Å². The third-order valence-corrected chi connectivity index (χ3v) is 3.02. The highest BCUT2D eigenvalue weighted by atomic mass is 15.3. The third-order valence-electron chi connectivity index (χ3n) is 3.02. The normalized spacial score (nSPS) is 18.6. The maximum absolute atomic E-state index is 4.48.